The Morgan fingerprint density at radius 3 is 2.78 bits per heavy atom. The standard InChI is InChI=1S/C14H26N2O2/c1-11(10-18-2)8-14(17)16(13-5-6-13)9-12-4-3-7-15-12/h11-13,15H,3-10H2,1-2H3. The van der Waals surface area contributed by atoms with Crippen molar-refractivity contribution in [2.24, 2.45) is 5.92 Å². The second-order valence-electron chi connectivity index (χ2n) is 5.84. The predicted molar refractivity (Wildman–Crippen MR) is 71.4 cm³/mol. The summed E-state index contributed by atoms with van der Waals surface area (Å²) in [5.41, 5.74) is 0. The van der Waals surface area contributed by atoms with Crippen LogP contribution in [0.25, 0.3) is 0 Å². The van der Waals surface area contributed by atoms with Crippen molar-refractivity contribution in [1.29, 1.82) is 0 Å². The van der Waals surface area contributed by atoms with Gasteiger partial charge in [0, 0.05) is 38.8 Å². The highest BCUT2D eigenvalue weighted by atomic mass is 16.5. The SMILES string of the molecule is COCC(C)CC(=O)N(CC1CCCN1)C1CC1. The molecule has 1 aliphatic heterocycles. The topological polar surface area (TPSA) is 41.6 Å². The van der Waals surface area contributed by atoms with Gasteiger partial charge in [0.15, 0.2) is 0 Å². The molecule has 0 bridgehead atoms. The molecule has 1 amide bonds. The summed E-state index contributed by atoms with van der Waals surface area (Å²) in [6, 6.07) is 1.04. The molecule has 2 aliphatic rings. The highest BCUT2D eigenvalue weighted by Crippen LogP contribution is 2.28. The van der Waals surface area contributed by atoms with Crippen molar-refractivity contribution >= 4 is 5.91 Å². The number of hydrogen-bond donors (Lipinski definition) is 1. The molecule has 0 aromatic heterocycles. The van der Waals surface area contributed by atoms with Gasteiger partial charge in [-0.3, -0.25) is 4.79 Å². The van der Waals surface area contributed by atoms with E-state index in [4.69, 9.17) is 4.74 Å². The maximum Gasteiger partial charge on any atom is 0.223 e. The summed E-state index contributed by atoms with van der Waals surface area (Å²) in [7, 11) is 1.70. The lowest BCUT2D eigenvalue weighted by Gasteiger charge is -2.27. The van der Waals surface area contributed by atoms with Crippen molar-refractivity contribution in [1.82, 2.24) is 10.2 Å². The molecule has 2 fully saturated rings. The van der Waals surface area contributed by atoms with Crippen molar-refractivity contribution in [2.75, 3.05) is 26.8 Å². The van der Waals surface area contributed by atoms with Gasteiger partial charge in [-0.25, -0.2) is 0 Å². The normalized spacial score (nSPS) is 25.1. The van der Waals surface area contributed by atoms with Crippen molar-refractivity contribution in [2.45, 2.75) is 51.1 Å². The van der Waals surface area contributed by atoms with E-state index >= 15 is 0 Å². The van der Waals surface area contributed by atoms with Gasteiger partial charge in [0.25, 0.3) is 0 Å². The number of nitrogens with zero attached hydrogens (tertiary/aromatic N) is 1. The Morgan fingerprint density at radius 1 is 1.44 bits per heavy atom. The van der Waals surface area contributed by atoms with E-state index in [1.54, 1.807) is 7.11 Å². The van der Waals surface area contributed by atoms with Crippen LogP contribution in [0.4, 0.5) is 0 Å². The van der Waals surface area contributed by atoms with Crippen LogP contribution in [0.1, 0.15) is 39.0 Å². The van der Waals surface area contributed by atoms with Gasteiger partial charge in [-0.15, -0.1) is 0 Å². The van der Waals surface area contributed by atoms with Crippen LogP contribution in [-0.2, 0) is 9.53 Å². The Bertz CT molecular complexity index is 273. The number of hydrogen-bond acceptors (Lipinski definition) is 3. The Hall–Kier alpha value is -0.610. The van der Waals surface area contributed by atoms with Gasteiger partial charge in [-0.05, 0) is 38.1 Å². The second kappa shape index (κ2) is 6.53. The average Bonchev–Trinajstić information content (AvgIpc) is 3.03. The fourth-order valence-electron chi connectivity index (χ4n) is 2.75. The number of rotatable bonds is 7. The van der Waals surface area contributed by atoms with Crippen molar-refractivity contribution in [3.8, 4) is 0 Å². The molecule has 2 atom stereocenters. The first-order chi connectivity index (χ1) is 8.70. The first kappa shape index (κ1) is 13.8. The molecule has 1 N–H and O–H groups in total. The number of amides is 1. The van der Waals surface area contributed by atoms with Crippen LogP contribution in [0, 0.1) is 5.92 Å². The summed E-state index contributed by atoms with van der Waals surface area (Å²) in [6.45, 7) is 4.77. The van der Waals surface area contributed by atoms with E-state index in [1.807, 2.05) is 0 Å². The molecule has 0 aromatic carbocycles. The maximum atomic E-state index is 12.3. The molecule has 2 rings (SSSR count). The second-order valence-corrected chi connectivity index (χ2v) is 5.84. The van der Waals surface area contributed by atoms with Crippen LogP contribution in [0.2, 0.25) is 0 Å². The van der Waals surface area contributed by atoms with Gasteiger partial charge in [0.1, 0.15) is 0 Å². The molecule has 18 heavy (non-hydrogen) atoms. The summed E-state index contributed by atoms with van der Waals surface area (Å²) in [5.74, 6) is 0.635. The molecule has 1 heterocycles. The van der Waals surface area contributed by atoms with Crippen LogP contribution < -0.4 is 5.32 Å². The summed E-state index contributed by atoms with van der Waals surface area (Å²) in [6.07, 6.45) is 5.47. The van der Waals surface area contributed by atoms with E-state index in [2.05, 4.69) is 17.1 Å². The van der Waals surface area contributed by atoms with E-state index in [1.165, 1.54) is 25.7 Å². The zero-order valence-corrected chi connectivity index (χ0v) is 11.7. The van der Waals surface area contributed by atoms with Crippen LogP contribution in [0.5, 0.6) is 0 Å². The molecule has 4 heteroatoms. The average molecular weight is 254 g/mol. The summed E-state index contributed by atoms with van der Waals surface area (Å²) < 4.78 is 5.11. The highest BCUT2D eigenvalue weighted by molar-refractivity contribution is 5.77. The Balaban J connectivity index is 1.82. The number of ether oxygens (including phenoxy) is 1. The molecule has 0 spiro atoms. The van der Waals surface area contributed by atoms with Crippen molar-refractivity contribution in [3.63, 3.8) is 0 Å². The Morgan fingerprint density at radius 2 is 2.22 bits per heavy atom. The molecule has 1 saturated heterocycles. The van der Waals surface area contributed by atoms with Crippen LogP contribution in [0.3, 0.4) is 0 Å². The van der Waals surface area contributed by atoms with E-state index in [0.717, 1.165) is 13.1 Å². The molecule has 4 nitrogen and oxygen atoms in total. The lowest BCUT2D eigenvalue weighted by molar-refractivity contribution is -0.133. The molecule has 0 radical (unpaired) electrons. The van der Waals surface area contributed by atoms with Crippen LogP contribution in [-0.4, -0.2) is 49.7 Å². The van der Waals surface area contributed by atoms with Crippen LogP contribution in [0.15, 0.2) is 0 Å². The van der Waals surface area contributed by atoms with Crippen molar-refractivity contribution in [3.05, 3.63) is 0 Å². The zero-order chi connectivity index (χ0) is 13.0. The quantitative estimate of drug-likeness (QED) is 0.747. The smallest absolute Gasteiger partial charge is 0.223 e. The largest absolute Gasteiger partial charge is 0.384 e. The van der Waals surface area contributed by atoms with Crippen molar-refractivity contribution < 1.29 is 9.53 Å². The summed E-state index contributed by atoms with van der Waals surface area (Å²) in [4.78, 5) is 14.5. The Labute approximate surface area is 110 Å². The monoisotopic (exact) mass is 254 g/mol. The number of nitrogens with one attached hydrogen (secondary N) is 1. The molecule has 0 aromatic rings. The third-order valence-corrected chi connectivity index (χ3v) is 3.86. The molecule has 104 valence electrons. The molecular formula is C14H26N2O2. The fourth-order valence-corrected chi connectivity index (χ4v) is 2.75. The minimum atomic E-state index is 0.316. The van der Waals surface area contributed by atoms with E-state index in [0.29, 0.717) is 36.9 Å². The van der Waals surface area contributed by atoms with E-state index < -0.39 is 0 Å². The lowest BCUT2D eigenvalue weighted by Crippen LogP contribution is -2.43. The third kappa shape index (κ3) is 3.95. The molecule has 1 aliphatic carbocycles. The lowest BCUT2D eigenvalue weighted by atomic mass is 10.1. The number of methoxy groups -OCH3 is 1. The summed E-state index contributed by atoms with van der Waals surface area (Å²) >= 11 is 0. The third-order valence-electron chi connectivity index (χ3n) is 3.86. The molecular weight excluding hydrogens is 228 g/mol. The van der Waals surface area contributed by atoms with E-state index in [9.17, 15) is 4.79 Å². The summed E-state index contributed by atoms with van der Waals surface area (Å²) in [5, 5.41) is 3.48. The van der Waals surface area contributed by atoms with Gasteiger partial charge in [-0.2, -0.15) is 0 Å². The fraction of sp³-hybridized carbons (Fsp3) is 0.929. The Kier molecular flexibility index (Phi) is 5.01. The van der Waals surface area contributed by atoms with Gasteiger partial charge in [0.2, 0.25) is 5.91 Å². The minimum absolute atomic E-state index is 0.316. The van der Waals surface area contributed by atoms with Gasteiger partial charge < -0.3 is 15.0 Å². The molecule has 2 unspecified atom stereocenters. The zero-order valence-electron chi connectivity index (χ0n) is 11.7. The minimum Gasteiger partial charge on any atom is -0.384 e. The first-order valence-corrected chi connectivity index (χ1v) is 7.22. The van der Waals surface area contributed by atoms with Crippen LogP contribution >= 0.6 is 0 Å². The van der Waals surface area contributed by atoms with Gasteiger partial charge in [-0.1, -0.05) is 6.92 Å². The maximum absolute atomic E-state index is 12.3. The number of carbonyl (C=O) groups excluding carboxylic acids is 1. The highest BCUT2D eigenvalue weighted by Gasteiger charge is 2.34. The molecule has 1 saturated carbocycles. The van der Waals surface area contributed by atoms with Gasteiger partial charge in [0.05, 0.1) is 0 Å². The van der Waals surface area contributed by atoms with Gasteiger partial charge >= 0.3 is 0 Å². The first-order valence-electron chi connectivity index (χ1n) is 7.22. The van der Waals surface area contributed by atoms with E-state index in [-0.39, 0.29) is 0 Å². The number of carbonyl (C=O) groups is 1. The predicted octanol–water partition coefficient (Wildman–Crippen LogP) is 1.40.